The van der Waals surface area contributed by atoms with Gasteiger partial charge in [0.25, 0.3) is 5.69 Å². The van der Waals surface area contributed by atoms with E-state index in [2.05, 4.69) is 0 Å². The molecule has 0 atom stereocenters. The summed E-state index contributed by atoms with van der Waals surface area (Å²) in [5, 5.41) is 20.6. The molecule has 0 saturated heterocycles. The van der Waals surface area contributed by atoms with E-state index in [1.807, 2.05) is 31.1 Å². The van der Waals surface area contributed by atoms with Gasteiger partial charge in [-0.2, -0.15) is 0 Å². The van der Waals surface area contributed by atoms with E-state index >= 15 is 0 Å². The van der Waals surface area contributed by atoms with Crippen LogP contribution in [-0.4, -0.2) is 42.3 Å². The Bertz CT molecular complexity index is 771. The third kappa shape index (κ3) is 5.42. The molecule has 0 aliphatic rings. The Morgan fingerprint density at radius 2 is 1.96 bits per heavy atom. The molecule has 0 aromatic heterocycles. The number of nitrogens with zero attached hydrogens (tertiary/aromatic N) is 2. The Morgan fingerprint density at radius 1 is 1.23 bits per heavy atom. The highest BCUT2D eigenvalue weighted by Gasteiger charge is 2.17. The van der Waals surface area contributed by atoms with Gasteiger partial charge in [-0.3, -0.25) is 10.1 Å². The average Bonchev–Trinajstić information content (AvgIpc) is 2.61. The molecule has 0 saturated carbocycles. The van der Waals surface area contributed by atoms with E-state index in [4.69, 9.17) is 4.74 Å². The second-order valence-corrected chi connectivity index (χ2v) is 6.95. The Hall–Kier alpha value is -2.16. The van der Waals surface area contributed by atoms with Gasteiger partial charge in [0.1, 0.15) is 19.0 Å². The maximum Gasteiger partial charge on any atom is 0.283 e. The summed E-state index contributed by atoms with van der Waals surface area (Å²) < 4.78 is 17.7. The summed E-state index contributed by atoms with van der Waals surface area (Å²) in [4.78, 5) is 14.2. The second kappa shape index (κ2) is 9.51. The molecule has 0 fully saturated rings. The summed E-state index contributed by atoms with van der Waals surface area (Å²) >= 11 is 1.28. The smallest absolute Gasteiger partial charge is 0.283 e. The minimum absolute atomic E-state index is 0.0119. The molecule has 6 nitrogen and oxygen atoms in total. The number of rotatable bonds is 9. The van der Waals surface area contributed by atoms with Crippen LogP contribution in [0.1, 0.15) is 11.1 Å². The minimum atomic E-state index is -0.567. The molecule has 0 aliphatic carbocycles. The fraction of sp³-hybridized carbons (Fsp3) is 0.333. The van der Waals surface area contributed by atoms with Gasteiger partial charge in [-0.05, 0) is 49.5 Å². The molecule has 0 unspecified atom stereocenters. The highest BCUT2D eigenvalue weighted by Crippen LogP contribution is 2.38. The first-order valence-corrected chi connectivity index (χ1v) is 8.78. The fourth-order valence-electron chi connectivity index (χ4n) is 2.37. The number of hydrogen-bond acceptors (Lipinski definition) is 6. The highest BCUT2D eigenvalue weighted by molar-refractivity contribution is 7.99. The van der Waals surface area contributed by atoms with Crippen molar-refractivity contribution in [2.75, 3.05) is 27.4 Å². The van der Waals surface area contributed by atoms with E-state index in [1.165, 1.54) is 17.8 Å². The number of nitro groups is 1. The third-order valence-corrected chi connectivity index (χ3v) is 4.67. The molecule has 2 rings (SSSR count). The van der Waals surface area contributed by atoms with Crippen LogP contribution in [0.3, 0.4) is 0 Å². The number of hydrogen-bond donors (Lipinski definition) is 1. The van der Waals surface area contributed by atoms with Crippen molar-refractivity contribution in [3.63, 3.8) is 0 Å². The number of benzene rings is 2. The molecule has 0 radical (unpaired) electrons. The number of nitro benzene ring substituents is 1. The molecular formula is C18H21FN2O4S. The number of alkyl halides is 1. The topological polar surface area (TPSA) is 75.8 Å². The zero-order valence-electron chi connectivity index (χ0n) is 14.6. The van der Waals surface area contributed by atoms with Gasteiger partial charge in [-0.25, -0.2) is 4.39 Å². The van der Waals surface area contributed by atoms with Crippen LogP contribution in [0.4, 0.5) is 10.1 Å². The first-order valence-electron chi connectivity index (χ1n) is 7.97. The lowest BCUT2D eigenvalue weighted by atomic mass is 10.2. The van der Waals surface area contributed by atoms with Gasteiger partial charge in [-0.15, -0.1) is 0 Å². The van der Waals surface area contributed by atoms with Crippen molar-refractivity contribution < 1.29 is 19.2 Å². The van der Waals surface area contributed by atoms with E-state index in [1.54, 1.807) is 18.2 Å². The van der Waals surface area contributed by atoms with Crippen molar-refractivity contribution in [2.45, 2.75) is 22.9 Å². The predicted molar refractivity (Wildman–Crippen MR) is 98.4 cm³/mol. The molecule has 0 bridgehead atoms. The number of aliphatic hydroxyl groups excluding tert-OH is 1. The van der Waals surface area contributed by atoms with Crippen molar-refractivity contribution in [2.24, 2.45) is 0 Å². The number of ether oxygens (including phenoxy) is 1. The number of halogens is 1. The molecule has 0 aliphatic heterocycles. The van der Waals surface area contributed by atoms with Crippen molar-refractivity contribution in [1.82, 2.24) is 4.90 Å². The Kier molecular flexibility index (Phi) is 7.38. The Balaban J connectivity index is 2.37. The lowest BCUT2D eigenvalue weighted by molar-refractivity contribution is -0.387. The van der Waals surface area contributed by atoms with Crippen LogP contribution in [-0.2, 0) is 13.2 Å². The average molecular weight is 380 g/mol. The zero-order valence-corrected chi connectivity index (χ0v) is 15.5. The van der Waals surface area contributed by atoms with Crippen LogP contribution in [0.5, 0.6) is 5.75 Å². The fourth-order valence-corrected chi connectivity index (χ4v) is 3.38. The van der Waals surface area contributed by atoms with E-state index in [9.17, 15) is 19.6 Å². The Morgan fingerprint density at radius 3 is 2.58 bits per heavy atom. The maximum absolute atomic E-state index is 12.3. The first-order chi connectivity index (χ1) is 12.4. The summed E-state index contributed by atoms with van der Waals surface area (Å²) in [6.07, 6.45) is 0. The van der Waals surface area contributed by atoms with Crippen molar-refractivity contribution in [3.05, 3.63) is 57.6 Å². The van der Waals surface area contributed by atoms with Gasteiger partial charge in [0, 0.05) is 17.5 Å². The monoisotopic (exact) mass is 380 g/mol. The third-order valence-electron chi connectivity index (χ3n) is 3.49. The lowest BCUT2D eigenvalue weighted by Gasteiger charge is -2.16. The summed E-state index contributed by atoms with van der Waals surface area (Å²) in [5.41, 5.74) is 1.37. The molecule has 2 aromatic carbocycles. The lowest BCUT2D eigenvalue weighted by Crippen LogP contribution is -2.11. The van der Waals surface area contributed by atoms with Gasteiger partial charge >= 0.3 is 0 Å². The molecular weight excluding hydrogens is 359 g/mol. The normalized spacial score (nSPS) is 11.0. The van der Waals surface area contributed by atoms with E-state index in [0.29, 0.717) is 22.8 Å². The van der Waals surface area contributed by atoms with Gasteiger partial charge in [-0.1, -0.05) is 17.8 Å². The van der Waals surface area contributed by atoms with E-state index < -0.39 is 11.6 Å². The van der Waals surface area contributed by atoms with Crippen LogP contribution >= 0.6 is 11.8 Å². The SMILES string of the molecule is CN(C)Cc1cc(OCCF)ccc1Sc1ccc(CO)cc1[N+](=O)[O-]. The van der Waals surface area contributed by atoms with Gasteiger partial charge < -0.3 is 14.7 Å². The molecule has 0 heterocycles. The molecule has 0 amide bonds. The molecule has 26 heavy (non-hydrogen) atoms. The molecule has 1 N–H and O–H groups in total. The van der Waals surface area contributed by atoms with Crippen LogP contribution in [0, 0.1) is 10.1 Å². The zero-order chi connectivity index (χ0) is 19.1. The standard InChI is InChI=1S/C18H21FN2O4S/c1-20(2)11-14-10-15(25-8-7-19)4-6-17(14)26-18-5-3-13(12-22)9-16(18)21(23)24/h3-6,9-10,22H,7-8,11-12H2,1-2H3. The molecule has 140 valence electrons. The van der Waals surface area contributed by atoms with Crippen LogP contribution in [0.25, 0.3) is 0 Å². The first kappa shape index (κ1) is 20.2. The van der Waals surface area contributed by atoms with Gasteiger partial charge in [0.05, 0.1) is 16.4 Å². The quantitative estimate of drug-likeness (QED) is 0.529. The largest absolute Gasteiger partial charge is 0.491 e. The van der Waals surface area contributed by atoms with Crippen LogP contribution in [0.15, 0.2) is 46.2 Å². The van der Waals surface area contributed by atoms with Crippen molar-refractivity contribution >= 4 is 17.4 Å². The van der Waals surface area contributed by atoms with Crippen LogP contribution < -0.4 is 4.74 Å². The van der Waals surface area contributed by atoms with Crippen molar-refractivity contribution in [1.29, 1.82) is 0 Å². The molecule has 2 aromatic rings. The van der Waals surface area contributed by atoms with E-state index in [0.717, 1.165) is 10.5 Å². The number of aliphatic hydroxyl groups is 1. The van der Waals surface area contributed by atoms with Crippen molar-refractivity contribution in [3.8, 4) is 5.75 Å². The predicted octanol–water partition coefficient (Wildman–Crippen LogP) is 3.65. The van der Waals surface area contributed by atoms with Crippen LogP contribution in [0.2, 0.25) is 0 Å². The summed E-state index contributed by atoms with van der Waals surface area (Å²) in [5.74, 6) is 0.564. The van der Waals surface area contributed by atoms with Gasteiger partial charge in [0.15, 0.2) is 0 Å². The highest BCUT2D eigenvalue weighted by atomic mass is 32.2. The Labute approximate surface area is 155 Å². The molecule has 0 spiro atoms. The van der Waals surface area contributed by atoms with E-state index in [-0.39, 0.29) is 18.9 Å². The van der Waals surface area contributed by atoms with Gasteiger partial charge in [0.2, 0.25) is 0 Å². The summed E-state index contributed by atoms with van der Waals surface area (Å²) in [6, 6.07) is 10.1. The second-order valence-electron chi connectivity index (χ2n) is 5.86. The minimum Gasteiger partial charge on any atom is -0.491 e. The molecule has 8 heteroatoms. The summed E-state index contributed by atoms with van der Waals surface area (Å²) in [6.45, 7) is -0.221. The maximum atomic E-state index is 12.3. The summed E-state index contributed by atoms with van der Waals surface area (Å²) in [7, 11) is 3.84.